The lowest BCUT2D eigenvalue weighted by Crippen LogP contribution is -2.33. The van der Waals surface area contributed by atoms with Gasteiger partial charge in [-0.2, -0.15) is 0 Å². The van der Waals surface area contributed by atoms with E-state index in [1.807, 2.05) is 43.3 Å². The maximum Gasteiger partial charge on any atom is 0.247 e. The molecule has 1 atom stereocenters. The zero-order chi connectivity index (χ0) is 24.1. The van der Waals surface area contributed by atoms with Crippen LogP contribution in [0.15, 0.2) is 83.5 Å². The number of rotatable bonds is 12. The van der Waals surface area contributed by atoms with E-state index in [2.05, 4.69) is 28.5 Å². The SMILES string of the molecule is C/C(=C\C=C/N(C=O)Cc1cccc(-c2ccccc2)c1)C(=O)NC(C)CCCN=C(N)N. The fourth-order valence-corrected chi connectivity index (χ4v) is 3.20. The Labute approximate surface area is 195 Å². The molecule has 0 heterocycles. The molecule has 0 fully saturated rings. The Kier molecular flexibility index (Phi) is 10.4. The van der Waals surface area contributed by atoms with Gasteiger partial charge in [0.2, 0.25) is 12.3 Å². The zero-order valence-corrected chi connectivity index (χ0v) is 19.3. The first-order chi connectivity index (χ1) is 15.9. The van der Waals surface area contributed by atoms with Gasteiger partial charge in [-0.25, -0.2) is 0 Å². The van der Waals surface area contributed by atoms with E-state index in [-0.39, 0.29) is 17.9 Å². The van der Waals surface area contributed by atoms with Crippen LogP contribution in [0, 0.1) is 0 Å². The van der Waals surface area contributed by atoms with Crippen LogP contribution < -0.4 is 16.8 Å². The van der Waals surface area contributed by atoms with Crippen molar-refractivity contribution in [1.29, 1.82) is 0 Å². The van der Waals surface area contributed by atoms with Crippen molar-refractivity contribution in [3.8, 4) is 11.1 Å². The quantitative estimate of drug-likeness (QED) is 0.116. The number of nitrogens with two attached hydrogens (primary N) is 2. The molecule has 2 rings (SSSR count). The second-order valence-corrected chi connectivity index (χ2v) is 7.86. The minimum Gasteiger partial charge on any atom is -0.370 e. The number of hydrogen-bond donors (Lipinski definition) is 3. The van der Waals surface area contributed by atoms with Crippen LogP contribution in [0.3, 0.4) is 0 Å². The van der Waals surface area contributed by atoms with Crippen LogP contribution in [0.5, 0.6) is 0 Å². The summed E-state index contributed by atoms with van der Waals surface area (Å²) in [4.78, 5) is 29.3. The minimum absolute atomic E-state index is 0.00222. The second-order valence-electron chi connectivity index (χ2n) is 7.86. The average Bonchev–Trinajstić information content (AvgIpc) is 2.81. The van der Waals surface area contributed by atoms with Crippen molar-refractivity contribution in [3.63, 3.8) is 0 Å². The van der Waals surface area contributed by atoms with Crippen molar-refractivity contribution in [2.45, 2.75) is 39.3 Å². The number of carbonyl (C=O) groups excluding carboxylic acids is 2. The molecule has 0 saturated heterocycles. The van der Waals surface area contributed by atoms with Crippen LogP contribution >= 0.6 is 0 Å². The Bertz CT molecular complexity index is 995. The van der Waals surface area contributed by atoms with Crippen LogP contribution in [0.25, 0.3) is 11.1 Å². The van der Waals surface area contributed by atoms with Gasteiger partial charge in [0.05, 0.1) is 6.54 Å². The molecule has 1 unspecified atom stereocenters. The van der Waals surface area contributed by atoms with Crippen LogP contribution in [-0.4, -0.2) is 35.8 Å². The van der Waals surface area contributed by atoms with Crippen molar-refractivity contribution in [1.82, 2.24) is 10.2 Å². The number of carbonyl (C=O) groups is 2. The van der Waals surface area contributed by atoms with Gasteiger partial charge in [-0.1, -0.05) is 54.6 Å². The van der Waals surface area contributed by atoms with Crippen LogP contribution in [0.4, 0.5) is 0 Å². The molecule has 2 aromatic rings. The van der Waals surface area contributed by atoms with E-state index in [1.165, 1.54) is 4.90 Å². The number of allylic oxidation sites excluding steroid dienone is 2. The molecular weight excluding hydrogens is 414 g/mol. The van der Waals surface area contributed by atoms with E-state index in [0.29, 0.717) is 18.7 Å². The van der Waals surface area contributed by atoms with Gasteiger partial charge >= 0.3 is 0 Å². The molecule has 174 valence electrons. The van der Waals surface area contributed by atoms with Gasteiger partial charge in [0.15, 0.2) is 5.96 Å². The summed E-state index contributed by atoms with van der Waals surface area (Å²) >= 11 is 0. The molecule has 0 saturated carbocycles. The topological polar surface area (TPSA) is 114 Å². The Morgan fingerprint density at radius 3 is 2.55 bits per heavy atom. The zero-order valence-electron chi connectivity index (χ0n) is 19.3. The Hall–Kier alpha value is -3.87. The van der Waals surface area contributed by atoms with Crippen LogP contribution in [-0.2, 0) is 16.1 Å². The second kappa shape index (κ2) is 13.5. The van der Waals surface area contributed by atoms with E-state index in [4.69, 9.17) is 11.5 Å². The fourth-order valence-electron chi connectivity index (χ4n) is 3.20. The molecule has 2 aromatic carbocycles. The van der Waals surface area contributed by atoms with Gasteiger partial charge in [0.1, 0.15) is 0 Å². The molecule has 2 amide bonds. The Morgan fingerprint density at radius 2 is 1.85 bits per heavy atom. The van der Waals surface area contributed by atoms with Crippen molar-refractivity contribution in [2.75, 3.05) is 6.54 Å². The van der Waals surface area contributed by atoms with E-state index in [0.717, 1.165) is 35.9 Å². The highest BCUT2D eigenvalue weighted by atomic mass is 16.1. The van der Waals surface area contributed by atoms with Gasteiger partial charge in [-0.3, -0.25) is 14.6 Å². The summed E-state index contributed by atoms with van der Waals surface area (Å²) in [7, 11) is 0. The normalized spacial score (nSPS) is 12.2. The lowest BCUT2D eigenvalue weighted by Gasteiger charge is -2.14. The van der Waals surface area contributed by atoms with Gasteiger partial charge in [0, 0.05) is 24.4 Å². The number of hydrogen-bond acceptors (Lipinski definition) is 3. The molecule has 33 heavy (non-hydrogen) atoms. The van der Waals surface area contributed by atoms with E-state index in [9.17, 15) is 9.59 Å². The fraction of sp³-hybridized carbons (Fsp3) is 0.269. The highest BCUT2D eigenvalue weighted by Gasteiger charge is 2.08. The summed E-state index contributed by atoms with van der Waals surface area (Å²) in [6, 6.07) is 18.2. The third-order valence-corrected chi connectivity index (χ3v) is 4.98. The van der Waals surface area contributed by atoms with E-state index in [1.54, 1.807) is 25.3 Å². The summed E-state index contributed by atoms with van der Waals surface area (Å²) in [6.45, 7) is 4.65. The van der Waals surface area contributed by atoms with Crippen molar-refractivity contribution < 1.29 is 9.59 Å². The molecule has 0 aliphatic carbocycles. The highest BCUT2D eigenvalue weighted by Crippen LogP contribution is 2.20. The number of guanidine groups is 1. The van der Waals surface area contributed by atoms with Gasteiger partial charge in [-0.15, -0.1) is 0 Å². The third-order valence-electron chi connectivity index (χ3n) is 4.98. The lowest BCUT2D eigenvalue weighted by molar-refractivity contribution is -0.118. The summed E-state index contributed by atoms with van der Waals surface area (Å²) < 4.78 is 0. The maximum absolute atomic E-state index is 12.3. The van der Waals surface area contributed by atoms with Crippen LogP contribution in [0.1, 0.15) is 32.3 Å². The average molecular weight is 448 g/mol. The molecule has 0 bridgehead atoms. The number of benzene rings is 2. The molecule has 0 radical (unpaired) electrons. The lowest BCUT2D eigenvalue weighted by atomic mass is 10.0. The van der Waals surface area contributed by atoms with E-state index >= 15 is 0 Å². The van der Waals surface area contributed by atoms with Crippen molar-refractivity contribution in [3.05, 3.63) is 84.1 Å². The molecule has 0 aliphatic rings. The Morgan fingerprint density at radius 1 is 1.12 bits per heavy atom. The monoisotopic (exact) mass is 447 g/mol. The van der Waals surface area contributed by atoms with Gasteiger partial charge in [-0.05, 0) is 55.5 Å². The first-order valence-electron chi connectivity index (χ1n) is 11.0. The number of aliphatic imine (C=N–C) groups is 1. The number of nitrogens with zero attached hydrogens (tertiary/aromatic N) is 2. The molecule has 7 heteroatoms. The first-order valence-corrected chi connectivity index (χ1v) is 11.0. The molecule has 5 N–H and O–H groups in total. The summed E-state index contributed by atoms with van der Waals surface area (Å²) in [6.07, 6.45) is 7.38. The van der Waals surface area contributed by atoms with Crippen LogP contribution in [0.2, 0.25) is 0 Å². The summed E-state index contributed by atoms with van der Waals surface area (Å²) in [5.41, 5.74) is 14.4. The van der Waals surface area contributed by atoms with Crippen molar-refractivity contribution in [2.24, 2.45) is 16.5 Å². The first kappa shape index (κ1) is 25.4. The minimum atomic E-state index is -0.151. The van der Waals surface area contributed by atoms with Gasteiger partial charge in [0.25, 0.3) is 0 Å². The molecule has 0 spiro atoms. The highest BCUT2D eigenvalue weighted by molar-refractivity contribution is 5.93. The maximum atomic E-state index is 12.3. The third kappa shape index (κ3) is 9.43. The molecular formula is C26H33N5O2. The molecule has 0 aromatic heterocycles. The van der Waals surface area contributed by atoms with E-state index < -0.39 is 0 Å². The smallest absolute Gasteiger partial charge is 0.247 e. The Balaban J connectivity index is 1.89. The number of nitrogens with one attached hydrogen (secondary N) is 1. The van der Waals surface area contributed by atoms with Crippen molar-refractivity contribution >= 4 is 18.3 Å². The summed E-state index contributed by atoms with van der Waals surface area (Å²) in [5.74, 6) is -0.0762. The van der Waals surface area contributed by atoms with Gasteiger partial charge < -0.3 is 21.7 Å². The standard InChI is InChI=1S/C26H33N5O2/c1-20(25(33)30-21(2)10-7-15-29-26(27)28)9-8-16-31(19-32)18-22-11-6-14-24(17-22)23-12-4-3-5-13-23/h3-6,8-9,11-14,16-17,19,21H,7,10,15,18H2,1-2H3,(H,30,33)(H4,27,28,29)/b16-8-,20-9+. The number of amides is 2. The summed E-state index contributed by atoms with van der Waals surface area (Å²) in [5, 5.41) is 2.95. The largest absolute Gasteiger partial charge is 0.370 e. The predicted molar refractivity (Wildman–Crippen MR) is 134 cm³/mol. The molecule has 7 nitrogen and oxygen atoms in total. The predicted octanol–water partition coefficient (Wildman–Crippen LogP) is 3.33. The molecule has 0 aliphatic heterocycles.